The molecule has 0 bridgehead atoms. The quantitative estimate of drug-likeness (QED) is 0.683. The minimum Gasteiger partial charge on any atom is -0.348 e. The number of carbonyl (C=O) groups is 1. The summed E-state index contributed by atoms with van der Waals surface area (Å²) in [6.45, 7) is 5.63. The van der Waals surface area contributed by atoms with Crippen molar-refractivity contribution in [3.05, 3.63) is 17.0 Å². The summed E-state index contributed by atoms with van der Waals surface area (Å²) in [7, 11) is 0. The Kier molecular flexibility index (Phi) is 3.24. The number of piperidine rings is 1. The van der Waals surface area contributed by atoms with E-state index in [-0.39, 0.29) is 11.9 Å². The number of nitrogens with zero attached hydrogens (tertiary/aromatic N) is 1. The molecule has 1 atom stereocenters. The van der Waals surface area contributed by atoms with E-state index in [4.69, 9.17) is 0 Å². The maximum Gasteiger partial charge on any atom is 0.255 e. The van der Waals surface area contributed by atoms with Gasteiger partial charge in [0.1, 0.15) is 0 Å². The van der Waals surface area contributed by atoms with Crippen LogP contribution in [-0.2, 0) is 0 Å². The van der Waals surface area contributed by atoms with Crippen LogP contribution in [0.3, 0.4) is 0 Å². The SMILES string of the molecule is Cc1n[nH]c(C)c1C(=O)NC1CCCNC1. The summed E-state index contributed by atoms with van der Waals surface area (Å²) in [5.74, 6) is -0.0162. The third-order valence-corrected chi connectivity index (χ3v) is 2.99. The molecule has 16 heavy (non-hydrogen) atoms. The summed E-state index contributed by atoms with van der Waals surface area (Å²) in [4.78, 5) is 12.0. The van der Waals surface area contributed by atoms with E-state index >= 15 is 0 Å². The van der Waals surface area contributed by atoms with Crippen molar-refractivity contribution in [2.45, 2.75) is 32.7 Å². The molecular formula is C11H18N4O. The summed E-state index contributed by atoms with van der Waals surface area (Å²) < 4.78 is 0. The Morgan fingerprint density at radius 1 is 1.50 bits per heavy atom. The largest absolute Gasteiger partial charge is 0.348 e. The number of carbonyl (C=O) groups excluding carboxylic acids is 1. The Hall–Kier alpha value is -1.36. The first kappa shape index (κ1) is 11.1. The first-order valence-electron chi connectivity index (χ1n) is 5.71. The third kappa shape index (κ3) is 2.24. The fourth-order valence-corrected chi connectivity index (χ4v) is 2.12. The Bertz CT molecular complexity index is 360. The lowest BCUT2D eigenvalue weighted by Gasteiger charge is -2.23. The van der Waals surface area contributed by atoms with Crippen LogP contribution in [0.1, 0.15) is 34.6 Å². The minimum atomic E-state index is -0.0162. The number of amides is 1. The Morgan fingerprint density at radius 3 is 2.88 bits per heavy atom. The fourth-order valence-electron chi connectivity index (χ4n) is 2.12. The highest BCUT2D eigenvalue weighted by Crippen LogP contribution is 2.10. The molecule has 0 radical (unpaired) electrons. The topological polar surface area (TPSA) is 69.8 Å². The zero-order chi connectivity index (χ0) is 11.5. The van der Waals surface area contributed by atoms with Crippen LogP contribution in [-0.4, -0.2) is 35.2 Å². The maximum absolute atomic E-state index is 12.0. The van der Waals surface area contributed by atoms with Gasteiger partial charge in [0.2, 0.25) is 0 Å². The Morgan fingerprint density at radius 2 is 2.31 bits per heavy atom. The van der Waals surface area contributed by atoms with Crippen LogP contribution in [0.15, 0.2) is 0 Å². The second-order valence-corrected chi connectivity index (χ2v) is 4.33. The van der Waals surface area contributed by atoms with Gasteiger partial charge in [-0.3, -0.25) is 9.89 Å². The average molecular weight is 222 g/mol. The van der Waals surface area contributed by atoms with Crippen LogP contribution in [0.25, 0.3) is 0 Å². The van der Waals surface area contributed by atoms with E-state index in [1.165, 1.54) is 0 Å². The van der Waals surface area contributed by atoms with Crippen LogP contribution in [0.5, 0.6) is 0 Å². The molecule has 1 aromatic rings. The highest BCUT2D eigenvalue weighted by atomic mass is 16.1. The highest BCUT2D eigenvalue weighted by molar-refractivity contribution is 5.96. The zero-order valence-electron chi connectivity index (χ0n) is 9.76. The lowest BCUT2D eigenvalue weighted by atomic mass is 10.1. The molecule has 2 rings (SSSR count). The van der Waals surface area contributed by atoms with Gasteiger partial charge in [0.05, 0.1) is 11.3 Å². The minimum absolute atomic E-state index is 0.0162. The first-order valence-corrected chi connectivity index (χ1v) is 5.71. The molecule has 0 aliphatic carbocycles. The molecule has 1 aliphatic rings. The standard InChI is InChI=1S/C11H18N4O/c1-7-10(8(2)15-14-7)11(16)13-9-4-3-5-12-6-9/h9,12H,3-6H2,1-2H3,(H,13,16)(H,14,15). The zero-order valence-corrected chi connectivity index (χ0v) is 9.76. The number of aromatic nitrogens is 2. The monoisotopic (exact) mass is 222 g/mol. The van der Waals surface area contributed by atoms with Crippen LogP contribution in [0.4, 0.5) is 0 Å². The van der Waals surface area contributed by atoms with Gasteiger partial charge in [-0.2, -0.15) is 5.10 Å². The van der Waals surface area contributed by atoms with E-state index < -0.39 is 0 Å². The van der Waals surface area contributed by atoms with Crippen molar-refractivity contribution in [3.8, 4) is 0 Å². The molecule has 1 aliphatic heterocycles. The number of aryl methyl sites for hydroxylation is 2. The molecule has 1 unspecified atom stereocenters. The van der Waals surface area contributed by atoms with Crippen LogP contribution in [0, 0.1) is 13.8 Å². The maximum atomic E-state index is 12.0. The molecule has 3 N–H and O–H groups in total. The van der Waals surface area contributed by atoms with Crippen molar-refractivity contribution in [1.82, 2.24) is 20.8 Å². The summed E-state index contributed by atoms with van der Waals surface area (Å²) in [5, 5.41) is 13.2. The van der Waals surface area contributed by atoms with Gasteiger partial charge in [0.15, 0.2) is 0 Å². The van der Waals surface area contributed by atoms with Crippen molar-refractivity contribution in [2.75, 3.05) is 13.1 Å². The number of nitrogens with one attached hydrogen (secondary N) is 3. The lowest BCUT2D eigenvalue weighted by molar-refractivity contribution is 0.0929. The van der Waals surface area contributed by atoms with Crippen molar-refractivity contribution in [3.63, 3.8) is 0 Å². The van der Waals surface area contributed by atoms with Gasteiger partial charge in [-0.25, -0.2) is 0 Å². The summed E-state index contributed by atoms with van der Waals surface area (Å²) >= 11 is 0. The van der Waals surface area contributed by atoms with E-state index in [1.807, 2.05) is 13.8 Å². The van der Waals surface area contributed by atoms with E-state index in [2.05, 4.69) is 20.8 Å². The molecule has 0 aromatic carbocycles. The Labute approximate surface area is 95.0 Å². The van der Waals surface area contributed by atoms with Crippen LogP contribution in [0.2, 0.25) is 0 Å². The molecule has 2 heterocycles. The molecule has 0 spiro atoms. The molecule has 1 aromatic heterocycles. The average Bonchev–Trinajstić information content (AvgIpc) is 2.60. The van der Waals surface area contributed by atoms with Gasteiger partial charge in [-0.1, -0.05) is 0 Å². The molecule has 1 fully saturated rings. The van der Waals surface area contributed by atoms with E-state index in [9.17, 15) is 4.79 Å². The molecule has 1 amide bonds. The second-order valence-electron chi connectivity index (χ2n) is 4.33. The van der Waals surface area contributed by atoms with E-state index in [1.54, 1.807) is 0 Å². The number of hydrogen-bond donors (Lipinski definition) is 3. The van der Waals surface area contributed by atoms with Crippen LogP contribution < -0.4 is 10.6 Å². The third-order valence-electron chi connectivity index (χ3n) is 2.99. The molecule has 1 saturated heterocycles. The molecule has 88 valence electrons. The van der Waals surface area contributed by atoms with Gasteiger partial charge in [0.25, 0.3) is 5.91 Å². The number of rotatable bonds is 2. The summed E-state index contributed by atoms with van der Waals surface area (Å²) in [6.07, 6.45) is 2.17. The number of aromatic amines is 1. The first-order chi connectivity index (χ1) is 7.68. The highest BCUT2D eigenvalue weighted by Gasteiger charge is 2.20. The lowest BCUT2D eigenvalue weighted by Crippen LogP contribution is -2.45. The van der Waals surface area contributed by atoms with Gasteiger partial charge < -0.3 is 10.6 Å². The summed E-state index contributed by atoms with van der Waals surface area (Å²) in [6, 6.07) is 0.245. The second kappa shape index (κ2) is 4.65. The molecule has 0 saturated carbocycles. The summed E-state index contributed by atoms with van der Waals surface area (Å²) in [5.41, 5.74) is 2.28. The van der Waals surface area contributed by atoms with Gasteiger partial charge >= 0.3 is 0 Å². The van der Waals surface area contributed by atoms with Crippen LogP contribution >= 0.6 is 0 Å². The molecule has 5 nitrogen and oxygen atoms in total. The predicted molar refractivity (Wildman–Crippen MR) is 61.4 cm³/mol. The van der Waals surface area contributed by atoms with Crippen molar-refractivity contribution in [1.29, 1.82) is 0 Å². The molecular weight excluding hydrogens is 204 g/mol. The smallest absolute Gasteiger partial charge is 0.255 e. The van der Waals surface area contributed by atoms with Crippen molar-refractivity contribution in [2.24, 2.45) is 0 Å². The number of hydrogen-bond acceptors (Lipinski definition) is 3. The van der Waals surface area contributed by atoms with E-state index in [0.717, 1.165) is 37.3 Å². The van der Waals surface area contributed by atoms with Crippen molar-refractivity contribution < 1.29 is 4.79 Å². The fraction of sp³-hybridized carbons (Fsp3) is 0.636. The van der Waals surface area contributed by atoms with E-state index in [0.29, 0.717) is 5.56 Å². The normalized spacial score (nSPS) is 20.8. The van der Waals surface area contributed by atoms with Crippen molar-refractivity contribution >= 4 is 5.91 Å². The number of H-pyrrole nitrogens is 1. The molecule has 5 heteroatoms. The van der Waals surface area contributed by atoms with Gasteiger partial charge in [-0.15, -0.1) is 0 Å². The van der Waals surface area contributed by atoms with Gasteiger partial charge in [0, 0.05) is 18.3 Å². The van der Waals surface area contributed by atoms with Gasteiger partial charge in [-0.05, 0) is 33.2 Å². The predicted octanol–water partition coefficient (Wildman–Crippen LogP) is 0.508. The Balaban J connectivity index is 2.02.